The summed E-state index contributed by atoms with van der Waals surface area (Å²) in [6.45, 7) is 0. The standard InChI is InChI=1S/C12H15O/c13-12(11-8-4-5-9-11)10-6-2-1-3-7-10/h2-3,6-7,11-13H,4-5,8-9H2. The van der Waals surface area contributed by atoms with Gasteiger partial charge in [0.25, 0.3) is 0 Å². The molecule has 1 aromatic carbocycles. The van der Waals surface area contributed by atoms with Crippen molar-refractivity contribution in [1.82, 2.24) is 0 Å². The molecule has 0 amide bonds. The molecule has 1 nitrogen and oxygen atoms in total. The van der Waals surface area contributed by atoms with E-state index in [0.717, 1.165) is 5.56 Å². The molecule has 1 radical (unpaired) electrons. The molecule has 1 unspecified atom stereocenters. The molecule has 1 aromatic rings. The zero-order valence-electron chi connectivity index (χ0n) is 7.74. The minimum atomic E-state index is -0.253. The van der Waals surface area contributed by atoms with Crippen LogP contribution < -0.4 is 0 Å². The average Bonchev–Trinajstić information content (AvgIpc) is 2.71. The van der Waals surface area contributed by atoms with Gasteiger partial charge in [-0.15, -0.1) is 0 Å². The van der Waals surface area contributed by atoms with Crippen molar-refractivity contribution in [2.75, 3.05) is 0 Å². The van der Waals surface area contributed by atoms with Crippen molar-refractivity contribution >= 4 is 0 Å². The van der Waals surface area contributed by atoms with Crippen LogP contribution in [-0.4, -0.2) is 5.11 Å². The fraction of sp³-hybridized carbons (Fsp3) is 0.500. The van der Waals surface area contributed by atoms with Crippen LogP contribution in [-0.2, 0) is 0 Å². The molecule has 1 saturated carbocycles. The second-order valence-corrected chi connectivity index (χ2v) is 3.82. The van der Waals surface area contributed by atoms with Crippen molar-refractivity contribution in [1.29, 1.82) is 0 Å². The second-order valence-electron chi connectivity index (χ2n) is 3.82. The van der Waals surface area contributed by atoms with Crippen molar-refractivity contribution in [2.24, 2.45) is 5.92 Å². The molecule has 1 aliphatic rings. The van der Waals surface area contributed by atoms with Crippen LogP contribution in [0.15, 0.2) is 24.3 Å². The zero-order chi connectivity index (χ0) is 9.10. The van der Waals surface area contributed by atoms with Crippen molar-refractivity contribution in [3.05, 3.63) is 35.9 Å². The molecule has 1 N–H and O–H groups in total. The highest BCUT2D eigenvalue weighted by Crippen LogP contribution is 2.35. The summed E-state index contributed by atoms with van der Waals surface area (Å²) >= 11 is 0. The highest BCUT2D eigenvalue weighted by Gasteiger charge is 2.23. The third kappa shape index (κ3) is 1.92. The van der Waals surface area contributed by atoms with Gasteiger partial charge in [-0.05, 0) is 30.4 Å². The second kappa shape index (κ2) is 3.93. The maximum absolute atomic E-state index is 10.0. The summed E-state index contributed by atoms with van der Waals surface area (Å²) in [5.74, 6) is 0.488. The van der Waals surface area contributed by atoms with E-state index in [-0.39, 0.29) is 6.10 Å². The van der Waals surface area contributed by atoms with Crippen LogP contribution in [0.3, 0.4) is 0 Å². The Bertz CT molecular complexity index is 249. The Labute approximate surface area is 79.4 Å². The number of aliphatic hydroxyl groups excluding tert-OH is 1. The van der Waals surface area contributed by atoms with Crippen LogP contribution in [0.25, 0.3) is 0 Å². The smallest absolute Gasteiger partial charge is 0.0818 e. The quantitative estimate of drug-likeness (QED) is 0.732. The number of hydrogen-bond donors (Lipinski definition) is 1. The van der Waals surface area contributed by atoms with Gasteiger partial charge < -0.3 is 5.11 Å². The highest BCUT2D eigenvalue weighted by atomic mass is 16.3. The Morgan fingerprint density at radius 2 is 1.85 bits per heavy atom. The van der Waals surface area contributed by atoms with Gasteiger partial charge in [-0.3, -0.25) is 0 Å². The summed E-state index contributed by atoms with van der Waals surface area (Å²) in [5.41, 5.74) is 1.05. The fourth-order valence-electron chi connectivity index (χ4n) is 2.14. The summed E-state index contributed by atoms with van der Waals surface area (Å²) in [5, 5.41) is 10.0. The molecule has 1 heteroatoms. The molecule has 1 aliphatic carbocycles. The topological polar surface area (TPSA) is 20.2 Å². The molecule has 0 aliphatic heterocycles. The summed E-state index contributed by atoms with van der Waals surface area (Å²) in [6, 6.07) is 10.6. The van der Waals surface area contributed by atoms with E-state index in [4.69, 9.17) is 0 Å². The molecule has 0 saturated heterocycles. The van der Waals surface area contributed by atoms with Crippen LogP contribution in [0.5, 0.6) is 0 Å². The lowest BCUT2D eigenvalue weighted by Crippen LogP contribution is -2.08. The van der Waals surface area contributed by atoms with E-state index in [1.165, 1.54) is 25.7 Å². The summed E-state index contributed by atoms with van der Waals surface area (Å²) < 4.78 is 0. The first-order valence-corrected chi connectivity index (χ1v) is 5.02. The first-order valence-electron chi connectivity index (χ1n) is 5.02. The maximum atomic E-state index is 10.0. The largest absolute Gasteiger partial charge is 0.388 e. The lowest BCUT2D eigenvalue weighted by Gasteiger charge is -2.17. The van der Waals surface area contributed by atoms with Gasteiger partial charge >= 0.3 is 0 Å². The van der Waals surface area contributed by atoms with Crippen LogP contribution in [0, 0.1) is 12.0 Å². The fourth-order valence-corrected chi connectivity index (χ4v) is 2.14. The van der Waals surface area contributed by atoms with Crippen LogP contribution in [0.2, 0.25) is 0 Å². The van der Waals surface area contributed by atoms with E-state index >= 15 is 0 Å². The SMILES string of the molecule is OC(c1cc[c]cc1)C1CCCC1. The minimum absolute atomic E-state index is 0.253. The van der Waals surface area contributed by atoms with Gasteiger partial charge in [0, 0.05) is 0 Å². The number of hydrogen-bond acceptors (Lipinski definition) is 1. The molecular weight excluding hydrogens is 160 g/mol. The van der Waals surface area contributed by atoms with Gasteiger partial charge in [0.05, 0.1) is 6.10 Å². The predicted octanol–water partition coefficient (Wildman–Crippen LogP) is 2.71. The molecule has 1 fully saturated rings. The van der Waals surface area contributed by atoms with E-state index < -0.39 is 0 Å². The number of rotatable bonds is 2. The first kappa shape index (κ1) is 8.76. The summed E-state index contributed by atoms with van der Waals surface area (Å²) in [7, 11) is 0. The first-order chi connectivity index (χ1) is 6.38. The van der Waals surface area contributed by atoms with Gasteiger partial charge in [0.15, 0.2) is 0 Å². The molecule has 0 aromatic heterocycles. The van der Waals surface area contributed by atoms with Gasteiger partial charge in [-0.1, -0.05) is 37.1 Å². The zero-order valence-corrected chi connectivity index (χ0v) is 7.74. The normalized spacial score (nSPS) is 20.4. The van der Waals surface area contributed by atoms with E-state index in [0.29, 0.717) is 5.92 Å². The summed E-state index contributed by atoms with van der Waals surface area (Å²) in [6.07, 6.45) is 4.66. The molecule has 1 atom stereocenters. The van der Waals surface area contributed by atoms with Crippen molar-refractivity contribution in [3.63, 3.8) is 0 Å². The van der Waals surface area contributed by atoms with Crippen molar-refractivity contribution in [2.45, 2.75) is 31.8 Å². The monoisotopic (exact) mass is 175 g/mol. The Morgan fingerprint density at radius 1 is 1.23 bits per heavy atom. The Kier molecular flexibility index (Phi) is 2.65. The minimum Gasteiger partial charge on any atom is -0.388 e. The molecule has 2 rings (SSSR count). The molecule has 0 bridgehead atoms. The molecular formula is C12H15O. The van der Waals surface area contributed by atoms with E-state index in [2.05, 4.69) is 6.07 Å². The molecule has 0 heterocycles. The Balaban J connectivity index is 2.08. The van der Waals surface area contributed by atoms with Crippen molar-refractivity contribution < 1.29 is 5.11 Å². The molecule has 0 spiro atoms. The number of aliphatic hydroxyl groups is 1. The van der Waals surface area contributed by atoms with E-state index in [1.807, 2.05) is 24.3 Å². The summed E-state index contributed by atoms with van der Waals surface area (Å²) in [4.78, 5) is 0. The van der Waals surface area contributed by atoms with Gasteiger partial charge in [0.1, 0.15) is 0 Å². The average molecular weight is 175 g/mol. The Hall–Kier alpha value is -0.820. The number of benzene rings is 1. The third-order valence-electron chi connectivity index (χ3n) is 2.93. The van der Waals surface area contributed by atoms with E-state index in [1.54, 1.807) is 0 Å². The van der Waals surface area contributed by atoms with Crippen LogP contribution in [0.4, 0.5) is 0 Å². The maximum Gasteiger partial charge on any atom is 0.0818 e. The van der Waals surface area contributed by atoms with E-state index in [9.17, 15) is 5.11 Å². The lowest BCUT2D eigenvalue weighted by atomic mass is 9.95. The van der Waals surface area contributed by atoms with Crippen molar-refractivity contribution in [3.8, 4) is 0 Å². The van der Waals surface area contributed by atoms with Gasteiger partial charge in [-0.25, -0.2) is 0 Å². The third-order valence-corrected chi connectivity index (χ3v) is 2.93. The van der Waals surface area contributed by atoms with Gasteiger partial charge in [0.2, 0.25) is 0 Å². The highest BCUT2D eigenvalue weighted by molar-refractivity contribution is 5.17. The molecule has 69 valence electrons. The van der Waals surface area contributed by atoms with Crippen LogP contribution >= 0.6 is 0 Å². The molecule has 13 heavy (non-hydrogen) atoms. The lowest BCUT2D eigenvalue weighted by molar-refractivity contribution is 0.111. The van der Waals surface area contributed by atoms with Crippen LogP contribution in [0.1, 0.15) is 37.4 Å². The Morgan fingerprint density at radius 3 is 2.46 bits per heavy atom. The predicted molar refractivity (Wildman–Crippen MR) is 52.2 cm³/mol. The van der Waals surface area contributed by atoms with Gasteiger partial charge in [-0.2, -0.15) is 0 Å².